The molecule has 0 radical (unpaired) electrons. The molecule has 0 bridgehead atoms. The molecule has 1 aliphatic rings. The van der Waals surface area contributed by atoms with E-state index in [1.807, 2.05) is 12.1 Å². The molecule has 0 atom stereocenters. The number of aromatic nitrogens is 1. The number of rotatable bonds is 3. The fourth-order valence-corrected chi connectivity index (χ4v) is 2.40. The maximum absolute atomic E-state index is 8.74. The number of anilines is 1. The summed E-state index contributed by atoms with van der Waals surface area (Å²) in [5.41, 5.74) is 0.617. The van der Waals surface area contributed by atoms with Crippen molar-refractivity contribution in [3.63, 3.8) is 0 Å². The summed E-state index contributed by atoms with van der Waals surface area (Å²) in [7, 11) is 4.26. The largest absolute Gasteiger partial charge is 0.359 e. The minimum atomic E-state index is 0.617. The summed E-state index contributed by atoms with van der Waals surface area (Å²) in [6.45, 7) is 3.44. The van der Waals surface area contributed by atoms with Gasteiger partial charge in [0, 0.05) is 19.8 Å². The average Bonchev–Trinajstić information content (AvgIpc) is 2.41. The second-order valence-corrected chi connectivity index (χ2v) is 5.14. The first-order valence-electron chi connectivity index (χ1n) is 6.45. The fraction of sp³-hybridized carbons (Fsp3) is 0.571. The number of likely N-dealkylation sites (tertiary alicyclic amines) is 1. The minimum absolute atomic E-state index is 0.617. The molecular weight excluding hydrogens is 224 g/mol. The van der Waals surface area contributed by atoms with Crippen molar-refractivity contribution >= 4 is 5.82 Å². The number of nitriles is 1. The van der Waals surface area contributed by atoms with E-state index in [9.17, 15) is 0 Å². The highest BCUT2D eigenvalue weighted by Gasteiger charge is 2.18. The van der Waals surface area contributed by atoms with Gasteiger partial charge in [0.25, 0.3) is 0 Å². The SMILES string of the molecule is CN1CCC(CN(C)c2ccc(C#N)cn2)CC1. The summed E-state index contributed by atoms with van der Waals surface area (Å²) in [4.78, 5) is 8.90. The van der Waals surface area contributed by atoms with Gasteiger partial charge in [0.15, 0.2) is 0 Å². The topological polar surface area (TPSA) is 43.2 Å². The Morgan fingerprint density at radius 1 is 1.44 bits per heavy atom. The third-order valence-corrected chi connectivity index (χ3v) is 3.64. The molecule has 4 heteroatoms. The molecule has 0 unspecified atom stereocenters. The Hall–Kier alpha value is -1.60. The zero-order valence-corrected chi connectivity index (χ0v) is 11.1. The van der Waals surface area contributed by atoms with Crippen LogP contribution in [0.5, 0.6) is 0 Å². The van der Waals surface area contributed by atoms with Crippen LogP contribution in [0.3, 0.4) is 0 Å². The monoisotopic (exact) mass is 244 g/mol. The van der Waals surface area contributed by atoms with Crippen LogP contribution < -0.4 is 4.90 Å². The zero-order chi connectivity index (χ0) is 13.0. The molecule has 0 aliphatic carbocycles. The van der Waals surface area contributed by atoms with E-state index in [2.05, 4.69) is 34.9 Å². The van der Waals surface area contributed by atoms with E-state index in [1.54, 1.807) is 6.20 Å². The number of hydrogen-bond donors (Lipinski definition) is 0. The standard InChI is InChI=1S/C14H20N4/c1-17-7-5-12(6-8-17)11-18(2)14-4-3-13(9-15)10-16-14/h3-4,10,12H,5-8,11H2,1-2H3. The number of hydrogen-bond acceptors (Lipinski definition) is 4. The molecule has 4 nitrogen and oxygen atoms in total. The zero-order valence-electron chi connectivity index (χ0n) is 11.1. The molecule has 1 fully saturated rings. The lowest BCUT2D eigenvalue weighted by molar-refractivity contribution is 0.222. The Bertz CT molecular complexity index is 412. The van der Waals surface area contributed by atoms with Crippen molar-refractivity contribution in [1.82, 2.24) is 9.88 Å². The van der Waals surface area contributed by atoms with E-state index in [0.717, 1.165) is 18.3 Å². The van der Waals surface area contributed by atoms with Gasteiger partial charge in [-0.05, 0) is 51.0 Å². The predicted molar refractivity (Wildman–Crippen MR) is 72.4 cm³/mol. The molecule has 0 saturated carbocycles. The molecule has 2 rings (SSSR count). The van der Waals surface area contributed by atoms with Crippen LogP contribution in [0.1, 0.15) is 18.4 Å². The summed E-state index contributed by atoms with van der Waals surface area (Å²) in [5, 5.41) is 8.74. The highest BCUT2D eigenvalue weighted by molar-refractivity contribution is 5.41. The fourth-order valence-electron chi connectivity index (χ4n) is 2.40. The van der Waals surface area contributed by atoms with Crippen molar-refractivity contribution in [1.29, 1.82) is 5.26 Å². The van der Waals surface area contributed by atoms with Crippen LogP contribution >= 0.6 is 0 Å². The summed E-state index contributed by atoms with van der Waals surface area (Å²) in [5.74, 6) is 1.71. The van der Waals surface area contributed by atoms with Crippen LogP contribution in [0, 0.1) is 17.2 Å². The second-order valence-electron chi connectivity index (χ2n) is 5.14. The molecule has 0 N–H and O–H groups in total. The maximum atomic E-state index is 8.74. The summed E-state index contributed by atoms with van der Waals surface area (Å²) in [6.07, 6.45) is 4.16. The van der Waals surface area contributed by atoms with Crippen molar-refractivity contribution in [2.45, 2.75) is 12.8 Å². The van der Waals surface area contributed by atoms with Crippen molar-refractivity contribution in [3.05, 3.63) is 23.9 Å². The first-order valence-corrected chi connectivity index (χ1v) is 6.45. The van der Waals surface area contributed by atoms with Crippen molar-refractivity contribution in [3.8, 4) is 6.07 Å². The van der Waals surface area contributed by atoms with Crippen LogP contribution in [-0.2, 0) is 0 Å². The molecule has 2 heterocycles. The van der Waals surface area contributed by atoms with E-state index in [-0.39, 0.29) is 0 Å². The van der Waals surface area contributed by atoms with Crippen molar-refractivity contribution < 1.29 is 0 Å². The average molecular weight is 244 g/mol. The van der Waals surface area contributed by atoms with E-state index < -0.39 is 0 Å². The third kappa shape index (κ3) is 3.21. The molecule has 96 valence electrons. The normalized spacial score (nSPS) is 17.4. The van der Waals surface area contributed by atoms with Gasteiger partial charge in [0.2, 0.25) is 0 Å². The van der Waals surface area contributed by atoms with Gasteiger partial charge < -0.3 is 9.80 Å². The smallest absolute Gasteiger partial charge is 0.128 e. The molecule has 1 aromatic rings. The molecule has 1 saturated heterocycles. The van der Waals surface area contributed by atoms with Crippen LogP contribution in [0.4, 0.5) is 5.82 Å². The lowest BCUT2D eigenvalue weighted by Crippen LogP contribution is -2.35. The molecule has 18 heavy (non-hydrogen) atoms. The lowest BCUT2D eigenvalue weighted by atomic mass is 9.97. The van der Waals surface area contributed by atoms with E-state index in [4.69, 9.17) is 5.26 Å². The van der Waals surface area contributed by atoms with Crippen molar-refractivity contribution in [2.75, 3.05) is 38.6 Å². The van der Waals surface area contributed by atoms with Gasteiger partial charge in [-0.3, -0.25) is 0 Å². The van der Waals surface area contributed by atoms with Crippen LogP contribution in [0.2, 0.25) is 0 Å². The van der Waals surface area contributed by atoms with Gasteiger partial charge >= 0.3 is 0 Å². The molecule has 1 aromatic heterocycles. The minimum Gasteiger partial charge on any atom is -0.359 e. The number of pyridine rings is 1. The Labute approximate surface area is 109 Å². The number of piperidine rings is 1. The maximum Gasteiger partial charge on any atom is 0.128 e. The molecule has 0 aromatic carbocycles. The predicted octanol–water partition coefficient (Wildman–Crippen LogP) is 1.73. The molecule has 0 amide bonds. The Morgan fingerprint density at radius 2 is 2.17 bits per heavy atom. The first-order chi connectivity index (χ1) is 8.69. The quantitative estimate of drug-likeness (QED) is 0.812. The Kier molecular flexibility index (Phi) is 4.16. The Balaban J connectivity index is 1.91. The van der Waals surface area contributed by atoms with Gasteiger partial charge in [0.1, 0.15) is 11.9 Å². The van der Waals surface area contributed by atoms with Gasteiger partial charge in [0.05, 0.1) is 5.56 Å². The van der Waals surface area contributed by atoms with Crippen LogP contribution in [0.25, 0.3) is 0 Å². The highest BCUT2D eigenvalue weighted by Crippen LogP contribution is 2.19. The highest BCUT2D eigenvalue weighted by atomic mass is 15.2. The van der Waals surface area contributed by atoms with Gasteiger partial charge in [-0.15, -0.1) is 0 Å². The number of nitrogens with zero attached hydrogens (tertiary/aromatic N) is 4. The molecule has 1 aliphatic heterocycles. The van der Waals surface area contributed by atoms with E-state index >= 15 is 0 Å². The van der Waals surface area contributed by atoms with Gasteiger partial charge in [-0.1, -0.05) is 0 Å². The summed E-state index contributed by atoms with van der Waals surface area (Å²) >= 11 is 0. The van der Waals surface area contributed by atoms with Crippen molar-refractivity contribution in [2.24, 2.45) is 5.92 Å². The van der Waals surface area contributed by atoms with Gasteiger partial charge in [-0.2, -0.15) is 5.26 Å². The van der Waals surface area contributed by atoms with Crippen LogP contribution in [0.15, 0.2) is 18.3 Å². The Morgan fingerprint density at radius 3 is 2.72 bits per heavy atom. The summed E-state index contributed by atoms with van der Waals surface area (Å²) in [6, 6.07) is 5.84. The second kappa shape index (κ2) is 5.83. The van der Waals surface area contributed by atoms with E-state index in [0.29, 0.717) is 5.56 Å². The summed E-state index contributed by atoms with van der Waals surface area (Å²) < 4.78 is 0. The van der Waals surface area contributed by atoms with Gasteiger partial charge in [-0.25, -0.2) is 4.98 Å². The lowest BCUT2D eigenvalue weighted by Gasteiger charge is -2.32. The third-order valence-electron chi connectivity index (χ3n) is 3.64. The van der Waals surface area contributed by atoms with Crippen LogP contribution in [-0.4, -0.2) is 43.6 Å². The molecular formula is C14H20N4. The molecule has 0 spiro atoms. The van der Waals surface area contributed by atoms with E-state index in [1.165, 1.54) is 25.9 Å². The first kappa shape index (κ1) is 12.8.